The summed E-state index contributed by atoms with van der Waals surface area (Å²) in [6, 6.07) is 10.6. The van der Waals surface area contributed by atoms with E-state index in [-0.39, 0.29) is 10.3 Å². The Hall–Kier alpha value is -2.01. The standard InChI is InChI=1S/C19H25NO3S/c1-13-9-14(2)11-15(10-13)20-24(21,22)16-7-8-18(23-6)17(12-16)19(3,4)5/h7-12,20H,1-6H3. The van der Waals surface area contributed by atoms with E-state index in [1.807, 2.05) is 52.8 Å². The van der Waals surface area contributed by atoms with Crippen molar-refractivity contribution in [3.05, 3.63) is 53.1 Å². The van der Waals surface area contributed by atoms with Crippen LogP contribution in [0.3, 0.4) is 0 Å². The van der Waals surface area contributed by atoms with Gasteiger partial charge in [0.2, 0.25) is 0 Å². The summed E-state index contributed by atoms with van der Waals surface area (Å²) in [5.41, 5.74) is 3.22. The van der Waals surface area contributed by atoms with Crippen molar-refractivity contribution in [3.63, 3.8) is 0 Å². The first-order valence-corrected chi connectivity index (χ1v) is 9.31. The average molecular weight is 347 g/mol. The topological polar surface area (TPSA) is 55.4 Å². The Morgan fingerprint density at radius 2 is 1.54 bits per heavy atom. The van der Waals surface area contributed by atoms with Crippen LogP contribution in [0.4, 0.5) is 5.69 Å². The van der Waals surface area contributed by atoms with Gasteiger partial charge in [0, 0.05) is 11.3 Å². The molecule has 0 aromatic heterocycles. The first kappa shape index (κ1) is 18.3. The van der Waals surface area contributed by atoms with Crippen molar-refractivity contribution in [1.29, 1.82) is 0 Å². The largest absolute Gasteiger partial charge is 0.496 e. The second-order valence-electron chi connectivity index (χ2n) is 7.09. The van der Waals surface area contributed by atoms with Gasteiger partial charge < -0.3 is 4.74 Å². The molecule has 130 valence electrons. The highest BCUT2D eigenvalue weighted by Gasteiger charge is 2.23. The molecule has 5 heteroatoms. The molecule has 2 aromatic carbocycles. The molecule has 0 radical (unpaired) electrons. The second-order valence-corrected chi connectivity index (χ2v) is 8.78. The molecule has 0 aliphatic heterocycles. The van der Waals surface area contributed by atoms with E-state index in [4.69, 9.17) is 4.74 Å². The zero-order valence-electron chi connectivity index (χ0n) is 15.1. The van der Waals surface area contributed by atoms with Crippen molar-refractivity contribution in [1.82, 2.24) is 0 Å². The fourth-order valence-corrected chi connectivity index (χ4v) is 3.75. The molecule has 0 aliphatic rings. The lowest BCUT2D eigenvalue weighted by Crippen LogP contribution is -2.17. The third-order valence-electron chi connectivity index (χ3n) is 3.76. The van der Waals surface area contributed by atoms with Crippen LogP contribution < -0.4 is 9.46 Å². The molecule has 0 fully saturated rings. The van der Waals surface area contributed by atoms with Crippen LogP contribution in [0.15, 0.2) is 41.3 Å². The lowest BCUT2D eigenvalue weighted by molar-refractivity contribution is 0.397. The molecule has 0 aliphatic carbocycles. The molecule has 2 rings (SSSR count). The van der Waals surface area contributed by atoms with Gasteiger partial charge in [-0.15, -0.1) is 0 Å². The van der Waals surface area contributed by atoms with Crippen LogP contribution in [0.25, 0.3) is 0 Å². The molecule has 24 heavy (non-hydrogen) atoms. The second kappa shape index (κ2) is 6.48. The maximum Gasteiger partial charge on any atom is 0.261 e. The number of rotatable bonds is 4. The van der Waals surface area contributed by atoms with Crippen molar-refractivity contribution in [2.24, 2.45) is 0 Å². The van der Waals surface area contributed by atoms with E-state index in [2.05, 4.69) is 4.72 Å². The minimum absolute atomic E-state index is 0.225. The Morgan fingerprint density at radius 1 is 0.958 bits per heavy atom. The maximum atomic E-state index is 12.8. The molecule has 2 aromatic rings. The molecule has 0 heterocycles. The minimum Gasteiger partial charge on any atom is -0.496 e. The van der Waals surface area contributed by atoms with E-state index < -0.39 is 10.0 Å². The van der Waals surface area contributed by atoms with Crippen molar-refractivity contribution in [3.8, 4) is 5.75 Å². The van der Waals surface area contributed by atoms with Crippen LogP contribution in [0.2, 0.25) is 0 Å². The van der Waals surface area contributed by atoms with Gasteiger partial charge in [0.05, 0.1) is 12.0 Å². The molecule has 0 saturated heterocycles. The molecule has 4 nitrogen and oxygen atoms in total. The number of hydrogen-bond donors (Lipinski definition) is 1. The highest BCUT2D eigenvalue weighted by atomic mass is 32.2. The number of aryl methyl sites for hydroxylation is 2. The molecule has 0 atom stereocenters. The summed E-state index contributed by atoms with van der Waals surface area (Å²) in [5.74, 6) is 0.688. The number of anilines is 1. The van der Waals surface area contributed by atoms with Gasteiger partial charge in [-0.2, -0.15) is 0 Å². The number of benzene rings is 2. The quantitative estimate of drug-likeness (QED) is 0.891. The van der Waals surface area contributed by atoms with E-state index in [0.717, 1.165) is 16.7 Å². The molecule has 0 amide bonds. The summed E-state index contributed by atoms with van der Waals surface area (Å²) in [5, 5.41) is 0. The van der Waals surface area contributed by atoms with Crippen LogP contribution in [0, 0.1) is 13.8 Å². The lowest BCUT2D eigenvalue weighted by Gasteiger charge is -2.23. The van der Waals surface area contributed by atoms with Gasteiger partial charge in [-0.3, -0.25) is 4.72 Å². The highest BCUT2D eigenvalue weighted by molar-refractivity contribution is 7.92. The number of methoxy groups -OCH3 is 1. The highest BCUT2D eigenvalue weighted by Crippen LogP contribution is 2.33. The predicted molar refractivity (Wildman–Crippen MR) is 98.4 cm³/mol. The van der Waals surface area contributed by atoms with Gasteiger partial charge in [-0.1, -0.05) is 26.8 Å². The van der Waals surface area contributed by atoms with E-state index >= 15 is 0 Å². The Labute approximate surface area is 144 Å². The Kier molecular flexibility index (Phi) is 4.95. The minimum atomic E-state index is -3.66. The third kappa shape index (κ3) is 4.09. The molecule has 0 bridgehead atoms. The fourth-order valence-electron chi connectivity index (χ4n) is 2.69. The van der Waals surface area contributed by atoms with Crippen molar-refractivity contribution >= 4 is 15.7 Å². The van der Waals surface area contributed by atoms with Gasteiger partial charge in [-0.05, 0) is 60.7 Å². The summed E-state index contributed by atoms with van der Waals surface area (Å²) >= 11 is 0. The van der Waals surface area contributed by atoms with E-state index in [9.17, 15) is 8.42 Å². The Balaban J connectivity index is 2.46. The van der Waals surface area contributed by atoms with Crippen LogP contribution in [0.5, 0.6) is 5.75 Å². The Bertz CT molecular complexity index is 829. The smallest absolute Gasteiger partial charge is 0.261 e. The van der Waals surface area contributed by atoms with Gasteiger partial charge in [0.25, 0.3) is 10.0 Å². The molecule has 0 spiro atoms. The molecular weight excluding hydrogens is 322 g/mol. The first-order chi connectivity index (χ1) is 11.0. The van der Waals surface area contributed by atoms with Crippen molar-refractivity contribution in [2.75, 3.05) is 11.8 Å². The number of nitrogens with one attached hydrogen (secondary N) is 1. The van der Waals surface area contributed by atoms with Crippen LogP contribution in [-0.2, 0) is 15.4 Å². The molecular formula is C19H25NO3S. The predicted octanol–water partition coefficient (Wildman–Crippen LogP) is 4.41. The molecule has 0 saturated carbocycles. The molecule has 1 N–H and O–H groups in total. The Morgan fingerprint density at radius 3 is 2.04 bits per heavy atom. The first-order valence-electron chi connectivity index (χ1n) is 7.82. The summed E-state index contributed by atoms with van der Waals surface area (Å²) < 4.78 is 33.5. The van der Waals surface area contributed by atoms with Crippen LogP contribution in [0.1, 0.15) is 37.5 Å². The van der Waals surface area contributed by atoms with E-state index in [0.29, 0.717) is 11.4 Å². The lowest BCUT2D eigenvalue weighted by atomic mass is 9.86. The van der Waals surface area contributed by atoms with Crippen LogP contribution in [-0.4, -0.2) is 15.5 Å². The zero-order valence-corrected chi connectivity index (χ0v) is 15.9. The van der Waals surface area contributed by atoms with Crippen LogP contribution >= 0.6 is 0 Å². The number of sulfonamides is 1. The fraction of sp³-hybridized carbons (Fsp3) is 0.368. The van der Waals surface area contributed by atoms with Crippen molar-refractivity contribution in [2.45, 2.75) is 44.9 Å². The SMILES string of the molecule is COc1ccc(S(=O)(=O)Nc2cc(C)cc(C)c2)cc1C(C)(C)C. The zero-order chi connectivity index (χ0) is 18.1. The number of ether oxygens (including phenoxy) is 1. The normalized spacial score (nSPS) is 12.1. The summed E-state index contributed by atoms with van der Waals surface area (Å²) in [4.78, 5) is 0.229. The molecule has 0 unspecified atom stereocenters. The third-order valence-corrected chi connectivity index (χ3v) is 5.14. The summed E-state index contributed by atoms with van der Waals surface area (Å²) in [7, 11) is -2.07. The summed E-state index contributed by atoms with van der Waals surface area (Å²) in [6.45, 7) is 9.96. The monoisotopic (exact) mass is 347 g/mol. The van der Waals surface area contributed by atoms with Gasteiger partial charge in [0.1, 0.15) is 5.75 Å². The van der Waals surface area contributed by atoms with E-state index in [1.165, 1.54) is 0 Å². The van der Waals surface area contributed by atoms with Gasteiger partial charge in [0.15, 0.2) is 0 Å². The summed E-state index contributed by atoms with van der Waals surface area (Å²) in [6.07, 6.45) is 0. The van der Waals surface area contributed by atoms with Gasteiger partial charge >= 0.3 is 0 Å². The number of hydrogen-bond acceptors (Lipinski definition) is 3. The van der Waals surface area contributed by atoms with E-state index in [1.54, 1.807) is 25.3 Å². The van der Waals surface area contributed by atoms with Gasteiger partial charge in [-0.25, -0.2) is 8.42 Å². The maximum absolute atomic E-state index is 12.8. The van der Waals surface area contributed by atoms with Crippen molar-refractivity contribution < 1.29 is 13.2 Å². The average Bonchev–Trinajstić information content (AvgIpc) is 2.44.